The van der Waals surface area contributed by atoms with Crippen LogP contribution in [0.4, 0.5) is 0 Å². The van der Waals surface area contributed by atoms with Crippen molar-refractivity contribution in [3.63, 3.8) is 0 Å². The van der Waals surface area contributed by atoms with E-state index in [1.54, 1.807) is 18.6 Å². The van der Waals surface area contributed by atoms with Crippen LogP contribution in [0.5, 0.6) is 0 Å². The number of hydrogen-bond acceptors (Lipinski definition) is 2. The molecule has 0 atom stereocenters. The van der Waals surface area contributed by atoms with Crippen molar-refractivity contribution in [1.82, 2.24) is 4.98 Å². The highest BCUT2D eigenvalue weighted by atomic mass is 31.2. The Morgan fingerprint density at radius 3 is 1.91 bits per heavy atom. The Balaban J connectivity index is 2.09. The Bertz CT molecular complexity index is 759. The molecule has 0 aliphatic rings. The fraction of sp³-hybridized carbons (Fsp3) is 0. The molecule has 3 nitrogen and oxygen atoms in total. The Kier molecular flexibility index (Phi) is 4.27. The van der Waals surface area contributed by atoms with E-state index in [9.17, 15) is 4.57 Å². The molecule has 108 valence electrons. The minimum absolute atomic E-state index is 0.723. The summed E-state index contributed by atoms with van der Waals surface area (Å²) in [6, 6.07) is 22.5. The highest BCUT2D eigenvalue weighted by Gasteiger charge is 2.25. The molecule has 0 radical (unpaired) electrons. The quantitative estimate of drug-likeness (QED) is 0.547. The summed E-state index contributed by atoms with van der Waals surface area (Å²) in [6.07, 6.45) is 5.03. The van der Waals surface area contributed by atoms with E-state index in [2.05, 4.69) is 9.75 Å². The molecule has 0 unspecified atom stereocenters. The fourth-order valence-corrected chi connectivity index (χ4v) is 4.16. The zero-order valence-corrected chi connectivity index (χ0v) is 12.8. The Morgan fingerprint density at radius 1 is 0.818 bits per heavy atom. The molecule has 0 fully saturated rings. The van der Waals surface area contributed by atoms with Gasteiger partial charge in [-0.3, -0.25) is 9.55 Å². The summed E-state index contributed by atoms with van der Waals surface area (Å²) in [5.41, 5.74) is 0.828. The first kappa shape index (κ1) is 14.4. The fourth-order valence-electron chi connectivity index (χ4n) is 2.14. The standard InChI is InChI=1S/C18H15N2OP/c21-22(17-9-3-1-4-10-17,18-11-5-2-6-12-18)20-15-16-8-7-13-19-14-16/h1-15H. The summed E-state index contributed by atoms with van der Waals surface area (Å²) in [4.78, 5) is 4.05. The van der Waals surface area contributed by atoms with Gasteiger partial charge in [-0.05, 0) is 30.3 Å². The number of aromatic nitrogens is 1. The van der Waals surface area contributed by atoms with Crippen molar-refractivity contribution in [1.29, 1.82) is 0 Å². The number of rotatable bonds is 4. The minimum Gasteiger partial charge on any atom is -0.288 e. The van der Waals surface area contributed by atoms with Crippen LogP contribution in [0.25, 0.3) is 0 Å². The molecule has 0 spiro atoms. The van der Waals surface area contributed by atoms with Crippen molar-refractivity contribution in [2.45, 2.75) is 0 Å². The Hall–Kier alpha value is -2.51. The highest BCUT2D eigenvalue weighted by Crippen LogP contribution is 2.44. The van der Waals surface area contributed by atoms with E-state index in [0.717, 1.165) is 16.2 Å². The first-order valence-corrected chi connectivity index (χ1v) is 8.62. The summed E-state index contributed by atoms with van der Waals surface area (Å²) >= 11 is 0. The number of pyridine rings is 1. The van der Waals surface area contributed by atoms with E-state index in [-0.39, 0.29) is 0 Å². The normalized spacial score (nSPS) is 11.6. The lowest BCUT2D eigenvalue weighted by Crippen LogP contribution is -2.14. The molecular weight excluding hydrogens is 291 g/mol. The van der Waals surface area contributed by atoms with Crippen LogP contribution in [-0.2, 0) is 4.57 Å². The van der Waals surface area contributed by atoms with Gasteiger partial charge in [0.15, 0.2) is 0 Å². The molecule has 0 saturated carbocycles. The summed E-state index contributed by atoms with van der Waals surface area (Å²) in [5, 5.41) is 1.45. The molecule has 22 heavy (non-hydrogen) atoms. The van der Waals surface area contributed by atoms with Crippen molar-refractivity contribution in [3.8, 4) is 0 Å². The second-order valence-corrected chi connectivity index (χ2v) is 7.19. The van der Waals surface area contributed by atoms with Crippen LogP contribution in [-0.4, -0.2) is 11.2 Å². The van der Waals surface area contributed by atoms with Gasteiger partial charge in [0.05, 0.1) is 0 Å². The van der Waals surface area contributed by atoms with E-state index >= 15 is 0 Å². The van der Waals surface area contributed by atoms with Gasteiger partial charge in [-0.25, -0.2) is 4.76 Å². The zero-order valence-electron chi connectivity index (χ0n) is 11.9. The molecule has 2 aromatic carbocycles. The maximum atomic E-state index is 13.6. The SMILES string of the molecule is O=P(N=Cc1cccnc1)(c1ccccc1)c1ccccc1. The molecule has 0 bridgehead atoms. The lowest BCUT2D eigenvalue weighted by atomic mass is 10.3. The molecule has 3 rings (SSSR count). The smallest absolute Gasteiger partial charge is 0.247 e. The first-order valence-electron chi connectivity index (χ1n) is 6.96. The van der Waals surface area contributed by atoms with Gasteiger partial charge in [0.25, 0.3) is 0 Å². The highest BCUT2D eigenvalue weighted by molar-refractivity contribution is 7.77. The predicted octanol–water partition coefficient (Wildman–Crippen LogP) is 3.43. The molecule has 1 heterocycles. The maximum absolute atomic E-state index is 13.6. The topological polar surface area (TPSA) is 42.3 Å². The summed E-state index contributed by atoms with van der Waals surface area (Å²) < 4.78 is 18.0. The van der Waals surface area contributed by atoms with Crippen molar-refractivity contribution < 1.29 is 4.57 Å². The number of nitrogens with zero attached hydrogens (tertiary/aromatic N) is 2. The summed E-state index contributed by atoms with van der Waals surface area (Å²) in [5.74, 6) is 0. The van der Waals surface area contributed by atoms with Crippen LogP contribution in [0.1, 0.15) is 5.56 Å². The molecular formula is C18H15N2OP. The van der Waals surface area contributed by atoms with Gasteiger partial charge in [0.2, 0.25) is 7.29 Å². The van der Waals surface area contributed by atoms with Crippen LogP contribution in [0.3, 0.4) is 0 Å². The third-order valence-corrected chi connectivity index (χ3v) is 5.70. The van der Waals surface area contributed by atoms with E-state index in [0.29, 0.717) is 0 Å². The zero-order chi connectivity index (χ0) is 15.3. The van der Waals surface area contributed by atoms with Gasteiger partial charge in [0.1, 0.15) is 0 Å². The molecule has 3 aromatic rings. The van der Waals surface area contributed by atoms with Crippen molar-refractivity contribution in [2.24, 2.45) is 4.76 Å². The minimum atomic E-state index is -3.05. The molecule has 0 aliphatic heterocycles. The van der Waals surface area contributed by atoms with E-state index in [1.807, 2.05) is 72.8 Å². The Labute approximate surface area is 129 Å². The molecule has 1 aromatic heterocycles. The predicted molar refractivity (Wildman–Crippen MR) is 91.6 cm³/mol. The molecule has 0 N–H and O–H groups in total. The lowest BCUT2D eigenvalue weighted by molar-refractivity contribution is 0.588. The van der Waals surface area contributed by atoms with Gasteiger partial charge in [-0.15, -0.1) is 0 Å². The van der Waals surface area contributed by atoms with Gasteiger partial charge in [-0.2, -0.15) is 0 Å². The van der Waals surface area contributed by atoms with Gasteiger partial charge in [0, 0.05) is 34.8 Å². The van der Waals surface area contributed by atoms with Crippen molar-refractivity contribution in [2.75, 3.05) is 0 Å². The van der Waals surface area contributed by atoms with Gasteiger partial charge >= 0.3 is 0 Å². The van der Waals surface area contributed by atoms with Gasteiger partial charge in [-0.1, -0.05) is 42.5 Å². The molecule has 4 heteroatoms. The summed E-state index contributed by atoms with van der Waals surface area (Å²) in [7, 11) is -3.05. The summed E-state index contributed by atoms with van der Waals surface area (Å²) in [6.45, 7) is 0. The van der Waals surface area contributed by atoms with E-state index < -0.39 is 7.29 Å². The van der Waals surface area contributed by atoms with E-state index in [1.165, 1.54) is 0 Å². The third-order valence-electron chi connectivity index (χ3n) is 3.27. The second kappa shape index (κ2) is 6.50. The molecule has 0 saturated heterocycles. The largest absolute Gasteiger partial charge is 0.288 e. The van der Waals surface area contributed by atoms with Crippen molar-refractivity contribution >= 4 is 24.1 Å². The monoisotopic (exact) mass is 306 g/mol. The second-order valence-electron chi connectivity index (χ2n) is 4.78. The van der Waals surface area contributed by atoms with Crippen LogP contribution >= 0.6 is 7.29 Å². The van der Waals surface area contributed by atoms with Crippen LogP contribution in [0.2, 0.25) is 0 Å². The average Bonchev–Trinajstić information content (AvgIpc) is 2.62. The average molecular weight is 306 g/mol. The van der Waals surface area contributed by atoms with Crippen LogP contribution < -0.4 is 10.6 Å². The Morgan fingerprint density at radius 2 is 1.41 bits per heavy atom. The lowest BCUT2D eigenvalue weighted by Gasteiger charge is -2.14. The maximum Gasteiger partial charge on any atom is 0.247 e. The van der Waals surface area contributed by atoms with Crippen molar-refractivity contribution in [3.05, 3.63) is 90.8 Å². The van der Waals surface area contributed by atoms with Gasteiger partial charge < -0.3 is 0 Å². The number of hydrogen-bond donors (Lipinski definition) is 0. The van der Waals surface area contributed by atoms with Crippen LogP contribution in [0, 0.1) is 0 Å². The molecule has 0 aliphatic carbocycles. The third kappa shape index (κ3) is 3.05. The number of benzene rings is 2. The van der Waals surface area contributed by atoms with E-state index in [4.69, 9.17) is 0 Å². The molecule has 0 amide bonds. The van der Waals surface area contributed by atoms with Crippen LogP contribution in [0.15, 0.2) is 90.0 Å². The first-order chi connectivity index (χ1) is 10.8.